The fourth-order valence-electron chi connectivity index (χ4n) is 2.94. The van der Waals surface area contributed by atoms with Gasteiger partial charge in [0.15, 0.2) is 12.1 Å². The summed E-state index contributed by atoms with van der Waals surface area (Å²) in [6, 6.07) is 5.07. The molecule has 2 aromatic heterocycles. The molecule has 1 fully saturated rings. The van der Waals surface area contributed by atoms with E-state index in [1.54, 1.807) is 19.9 Å². The van der Waals surface area contributed by atoms with Gasteiger partial charge in [0.1, 0.15) is 36.2 Å². The van der Waals surface area contributed by atoms with Crippen LogP contribution in [0.25, 0.3) is 5.52 Å². The molecule has 1 aliphatic heterocycles. The fourth-order valence-corrected chi connectivity index (χ4v) is 2.94. The van der Waals surface area contributed by atoms with Gasteiger partial charge >= 0.3 is 0 Å². The van der Waals surface area contributed by atoms with Crippen LogP contribution in [0.15, 0.2) is 18.5 Å². The van der Waals surface area contributed by atoms with Gasteiger partial charge in [0, 0.05) is 5.92 Å². The van der Waals surface area contributed by atoms with E-state index < -0.39 is 30.2 Å². The molecule has 1 saturated heterocycles. The van der Waals surface area contributed by atoms with Gasteiger partial charge in [-0.15, -0.1) is 0 Å². The number of aromatic nitrogens is 3. The third kappa shape index (κ3) is 2.80. The van der Waals surface area contributed by atoms with Crippen molar-refractivity contribution in [2.75, 3.05) is 12.3 Å². The number of hydrogen-bond donors (Lipinski definition) is 4. The minimum absolute atomic E-state index is 0.159. The summed E-state index contributed by atoms with van der Waals surface area (Å²) >= 11 is 0. The second-order valence-electron chi connectivity index (χ2n) is 6.57. The van der Waals surface area contributed by atoms with Crippen molar-refractivity contribution in [3.63, 3.8) is 0 Å². The van der Waals surface area contributed by atoms with Crippen molar-refractivity contribution < 1.29 is 24.8 Å². The zero-order chi connectivity index (χ0) is 19.1. The van der Waals surface area contributed by atoms with E-state index in [1.165, 1.54) is 16.9 Å². The molecule has 1 unspecified atom stereocenters. The van der Waals surface area contributed by atoms with E-state index in [4.69, 9.17) is 15.2 Å². The van der Waals surface area contributed by atoms with Crippen molar-refractivity contribution in [1.29, 1.82) is 5.26 Å². The summed E-state index contributed by atoms with van der Waals surface area (Å²) < 4.78 is 12.3. The number of aliphatic hydroxyl groups is 3. The Morgan fingerprint density at radius 3 is 2.85 bits per heavy atom. The Morgan fingerprint density at radius 1 is 1.46 bits per heavy atom. The predicted molar refractivity (Wildman–Crippen MR) is 88.4 cm³/mol. The number of nitriles is 1. The summed E-state index contributed by atoms with van der Waals surface area (Å²) in [7, 11) is 0. The number of anilines is 1. The normalized spacial score (nSPS) is 30.0. The lowest BCUT2D eigenvalue weighted by atomic mass is 9.92. The lowest BCUT2D eigenvalue weighted by Gasteiger charge is -2.24. The third-order valence-corrected chi connectivity index (χ3v) is 4.49. The van der Waals surface area contributed by atoms with Crippen LogP contribution in [-0.2, 0) is 15.1 Å². The number of nitrogens with two attached hydrogens (primary N) is 1. The summed E-state index contributed by atoms with van der Waals surface area (Å²) in [6.45, 7) is 3.34. The van der Waals surface area contributed by atoms with E-state index in [1.807, 2.05) is 6.07 Å². The van der Waals surface area contributed by atoms with Gasteiger partial charge < -0.3 is 30.5 Å². The van der Waals surface area contributed by atoms with Crippen molar-refractivity contribution in [1.82, 2.24) is 14.6 Å². The SMILES string of the molecule is CC(C)C(O)OC[C@H]1O[C@@](C#N)(c2ccc3c(N)ncnn23)[C@H](O)[C@@H]1O. The van der Waals surface area contributed by atoms with Crippen LogP contribution in [0.3, 0.4) is 0 Å². The zero-order valence-corrected chi connectivity index (χ0v) is 14.4. The molecule has 10 heteroatoms. The van der Waals surface area contributed by atoms with Crippen LogP contribution in [0.5, 0.6) is 0 Å². The van der Waals surface area contributed by atoms with Crippen LogP contribution >= 0.6 is 0 Å². The number of nitrogens with zero attached hydrogens (tertiary/aromatic N) is 4. The van der Waals surface area contributed by atoms with Gasteiger partial charge in [0.25, 0.3) is 0 Å². The van der Waals surface area contributed by atoms with E-state index in [9.17, 15) is 20.6 Å². The van der Waals surface area contributed by atoms with E-state index in [2.05, 4.69) is 10.1 Å². The highest BCUT2D eigenvalue weighted by atomic mass is 16.6. The first-order chi connectivity index (χ1) is 12.3. The first-order valence-corrected chi connectivity index (χ1v) is 8.15. The van der Waals surface area contributed by atoms with Crippen LogP contribution in [0.2, 0.25) is 0 Å². The maximum Gasteiger partial charge on any atom is 0.225 e. The number of aliphatic hydroxyl groups excluding tert-OH is 3. The molecule has 0 aliphatic carbocycles. The molecular formula is C16H21N5O5. The zero-order valence-electron chi connectivity index (χ0n) is 14.4. The second-order valence-corrected chi connectivity index (χ2v) is 6.57. The molecule has 10 nitrogen and oxygen atoms in total. The Labute approximate surface area is 149 Å². The van der Waals surface area contributed by atoms with Crippen molar-refractivity contribution >= 4 is 11.3 Å². The van der Waals surface area contributed by atoms with Gasteiger partial charge in [-0.3, -0.25) is 0 Å². The monoisotopic (exact) mass is 363 g/mol. The average Bonchev–Trinajstić information content (AvgIpc) is 3.15. The van der Waals surface area contributed by atoms with Crippen LogP contribution in [0.1, 0.15) is 19.5 Å². The van der Waals surface area contributed by atoms with Crippen LogP contribution in [-0.4, -0.2) is 61.1 Å². The smallest absolute Gasteiger partial charge is 0.225 e. The molecule has 1 aliphatic rings. The van der Waals surface area contributed by atoms with Gasteiger partial charge in [-0.05, 0) is 12.1 Å². The molecular weight excluding hydrogens is 342 g/mol. The first-order valence-electron chi connectivity index (χ1n) is 8.15. The van der Waals surface area contributed by atoms with Gasteiger partial charge in [-0.25, -0.2) is 9.50 Å². The number of rotatable bonds is 5. The highest BCUT2D eigenvalue weighted by Crippen LogP contribution is 2.40. The Morgan fingerprint density at radius 2 is 2.19 bits per heavy atom. The largest absolute Gasteiger partial charge is 0.387 e. The topological polar surface area (TPSA) is 159 Å². The lowest BCUT2D eigenvalue weighted by molar-refractivity contribution is -0.162. The second kappa shape index (κ2) is 6.79. The number of hydrogen-bond acceptors (Lipinski definition) is 9. The molecule has 0 radical (unpaired) electrons. The Kier molecular flexibility index (Phi) is 4.83. The van der Waals surface area contributed by atoms with Crippen LogP contribution in [0, 0.1) is 17.2 Å². The van der Waals surface area contributed by atoms with E-state index in [0.717, 1.165) is 0 Å². The Bertz CT molecular complexity index is 834. The maximum atomic E-state index is 10.5. The lowest BCUT2D eigenvalue weighted by Crippen LogP contribution is -2.41. The quantitative estimate of drug-likeness (QED) is 0.496. The van der Waals surface area contributed by atoms with Gasteiger partial charge in [0.05, 0.1) is 12.3 Å². The Balaban J connectivity index is 1.93. The highest BCUT2D eigenvalue weighted by Gasteiger charge is 2.57. The van der Waals surface area contributed by atoms with Gasteiger partial charge in [0.2, 0.25) is 5.60 Å². The molecule has 0 spiro atoms. The van der Waals surface area contributed by atoms with Crippen LogP contribution < -0.4 is 5.73 Å². The molecule has 0 saturated carbocycles. The van der Waals surface area contributed by atoms with E-state index in [-0.39, 0.29) is 24.0 Å². The third-order valence-electron chi connectivity index (χ3n) is 4.49. The molecule has 2 aromatic rings. The minimum Gasteiger partial charge on any atom is -0.387 e. The molecule has 26 heavy (non-hydrogen) atoms. The highest BCUT2D eigenvalue weighted by molar-refractivity contribution is 5.66. The van der Waals surface area contributed by atoms with Crippen molar-refractivity contribution in [3.05, 3.63) is 24.2 Å². The predicted octanol–water partition coefficient (Wildman–Crippen LogP) is -0.858. The van der Waals surface area contributed by atoms with Crippen molar-refractivity contribution in [3.8, 4) is 6.07 Å². The number of nitrogen functional groups attached to an aromatic ring is 1. The van der Waals surface area contributed by atoms with Crippen LogP contribution in [0.4, 0.5) is 5.82 Å². The summed E-state index contributed by atoms with van der Waals surface area (Å²) in [4.78, 5) is 3.87. The molecule has 0 bridgehead atoms. The molecule has 0 amide bonds. The molecule has 5 atom stereocenters. The molecule has 3 heterocycles. The Hall–Kier alpha value is -2.29. The molecule has 3 rings (SSSR count). The van der Waals surface area contributed by atoms with E-state index >= 15 is 0 Å². The summed E-state index contributed by atoms with van der Waals surface area (Å²) in [5.41, 5.74) is 4.58. The van der Waals surface area contributed by atoms with Gasteiger partial charge in [-0.2, -0.15) is 10.4 Å². The average molecular weight is 363 g/mol. The molecule has 5 N–H and O–H groups in total. The van der Waals surface area contributed by atoms with E-state index in [0.29, 0.717) is 5.52 Å². The molecule has 140 valence electrons. The summed E-state index contributed by atoms with van der Waals surface area (Å²) in [6.07, 6.45) is -3.79. The standard InChI is InChI=1S/C16H21N5O5/c1-8(2)15(24)25-5-10-12(22)13(23)16(6-17,26-10)11-4-3-9-14(18)19-7-20-21(9)11/h3-4,7-8,10,12-13,15,22-24H,5H2,1-2H3,(H2,18,19,20)/t10-,12-,13-,15?,16+/m1/s1. The maximum absolute atomic E-state index is 10.5. The first kappa shape index (κ1) is 18.5. The minimum atomic E-state index is -1.87. The summed E-state index contributed by atoms with van der Waals surface area (Å²) in [5.74, 6) is 0.0424. The fraction of sp³-hybridized carbons (Fsp3) is 0.562. The van der Waals surface area contributed by atoms with Gasteiger partial charge in [-0.1, -0.05) is 13.8 Å². The number of ether oxygens (including phenoxy) is 2. The summed E-state index contributed by atoms with van der Waals surface area (Å²) in [5, 5.41) is 44.5. The molecule has 0 aromatic carbocycles. The van der Waals surface area contributed by atoms with Crippen molar-refractivity contribution in [2.24, 2.45) is 5.92 Å². The van der Waals surface area contributed by atoms with Crippen molar-refractivity contribution in [2.45, 2.75) is 44.1 Å². The number of fused-ring (bicyclic) bond motifs is 1.